The number of anilines is 1. The van der Waals surface area contributed by atoms with Crippen molar-refractivity contribution in [3.63, 3.8) is 0 Å². The quantitative estimate of drug-likeness (QED) is 0.751. The summed E-state index contributed by atoms with van der Waals surface area (Å²) in [6.07, 6.45) is 2.49. The number of hydrogen-bond acceptors (Lipinski definition) is 2. The van der Waals surface area contributed by atoms with Gasteiger partial charge in [-0.05, 0) is 43.4 Å². The van der Waals surface area contributed by atoms with Gasteiger partial charge in [0.2, 0.25) is 0 Å². The minimum Gasteiger partial charge on any atom is -0.354 e. The van der Waals surface area contributed by atoms with Crippen molar-refractivity contribution in [1.82, 2.24) is 4.98 Å². The molecule has 0 N–H and O–H groups in total. The minimum atomic E-state index is 0.536. The number of halogens is 1. The minimum absolute atomic E-state index is 0.536. The molecule has 1 aliphatic rings. The second-order valence-corrected chi connectivity index (χ2v) is 6.23. The SMILES string of the molecule is CC1CCN(c2cc(CCl)c3ccccc3n2)C(C)C1. The Balaban J connectivity index is 2.03. The second-order valence-electron chi connectivity index (χ2n) is 5.96. The topological polar surface area (TPSA) is 16.1 Å². The Hall–Kier alpha value is -1.28. The first-order valence-corrected chi connectivity index (χ1v) is 7.93. The van der Waals surface area contributed by atoms with Gasteiger partial charge in [-0.2, -0.15) is 0 Å². The number of rotatable bonds is 2. The molecule has 1 aliphatic heterocycles. The third kappa shape index (κ3) is 2.49. The van der Waals surface area contributed by atoms with E-state index in [2.05, 4.69) is 36.9 Å². The molecule has 1 saturated heterocycles. The number of pyridine rings is 1. The van der Waals surface area contributed by atoms with Crippen molar-refractivity contribution in [1.29, 1.82) is 0 Å². The van der Waals surface area contributed by atoms with Crippen molar-refractivity contribution in [3.05, 3.63) is 35.9 Å². The molecule has 2 atom stereocenters. The van der Waals surface area contributed by atoms with Gasteiger partial charge in [0, 0.05) is 23.9 Å². The number of hydrogen-bond donors (Lipinski definition) is 0. The summed E-state index contributed by atoms with van der Waals surface area (Å²) in [5.41, 5.74) is 2.23. The summed E-state index contributed by atoms with van der Waals surface area (Å²) < 4.78 is 0. The molecule has 0 amide bonds. The summed E-state index contributed by atoms with van der Waals surface area (Å²) in [6.45, 7) is 5.73. The predicted molar refractivity (Wildman–Crippen MR) is 86.5 cm³/mol. The molecule has 2 nitrogen and oxygen atoms in total. The molecule has 1 fully saturated rings. The Morgan fingerprint density at radius 3 is 2.85 bits per heavy atom. The van der Waals surface area contributed by atoms with E-state index < -0.39 is 0 Å². The smallest absolute Gasteiger partial charge is 0.129 e. The van der Waals surface area contributed by atoms with Gasteiger partial charge >= 0.3 is 0 Å². The lowest BCUT2D eigenvalue weighted by Crippen LogP contribution is -2.40. The zero-order valence-electron chi connectivity index (χ0n) is 12.1. The summed E-state index contributed by atoms with van der Waals surface area (Å²) >= 11 is 6.13. The first-order valence-electron chi connectivity index (χ1n) is 7.40. The van der Waals surface area contributed by atoms with Crippen molar-refractivity contribution in [2.75, 3.05) is 11.4 Å². The van der Waals surface area contributed by atoms with Gasteiger partial charge in [0.15, 0.2) is 0 Å². The van der Waals surface area contributed by atoms with Crippen molar-refractivity contribution >= 4 is 28.3 Å². The lowest BCUT2D eigenvalue weighted by molar-refractivity contribution is 0.376. The van der Waals surface area contributed by atoms with Crippen LogP contribution in [0.1, 0.15) is 32.3 Å². The molecule has 2 heterocycles. The molecule has 2 unspecified atom stereocenters. The Morgan fingerprint density at radius 2 is 2.10 bits per heavy atom. The molecule has 2 aromatic rings. The van der Waals surface area contributed by atoms with Gasteiger partial charge in [-0.25, -0.2) is 4.98 Å². The Morgan fingerprint density at radius 1 is 1.30 bits per heavy atom. The van der Waals surface area contributed by atoms with E-state index in [0.717, 1.165) is 23.8 Å². The molecule has 1 aromatic heterocycles. The van der Waals surface area contributed by atoms with Gasteiger partial charge in [0.1, 0.15) is 5.82 Å². The fourth-order valence-corrected chi connectivity index (χ4v) is 3.46. The zero-order chi connectivity index (χ0) is 14.1. The van der Waals surface area contributed by atoms with Crippen LogP contribution in [0.15, 0.2) is 30.3 Å². The van der Waals surface area contributed by atoms with Crippen LogP contribution < -0.4 is 4.90 Å². The summed E-state index contributed by atoms with van der Waals surface area (Å²) in [6, 6.07) is 11.0. The van der Waals surface area contributed by atoms with Crippen LogP contribution in [0.4, 0.5) is 5.82 Å². The van der Waals surface area contributed by atoms with Crippen LogP contribution >= 0.6 is 11.6 Å². The summed E-state index contributed by atoms with van der Waals surface area (Å²) in [4.78, 5) is 7.28. The lowest BCUT2D eigenvalue weighted by Gasteiger charge is -2.37. The highest BCUT2D eigenvalue weighted by atomic mass is 35.5. The van der Waals surface area contributed by atoms with Crippen molar-refractivity contribution in [2.45, 2.75) is 38.6 Å². The van der Waals surface area contributed by atoms with Crippen LogP contribution in [0.25, 0.3) is 10.9 Å². The fourth-order valence-electron chi connectivity index (χ4n) is 3.24. The molecule has 20 heavy (non-hydrogen) atoms. The van der Waals surface area contributed by atoms with Gasteiger partial charge in [0.05, 0.1) is 5.52 Å². The van der Waals surface area contributed by atoms with Crippen LogP contribution in [-0.4, -0.2) is 17.6 Å². The van der Waals surface area contributed by atoms with Crippen LogP contribution in [-0.2, 0) is 5.88 Å². The molecule has 3 heteroatoms. The normalized spacial score (nSPS) is 23.2. The Bertz CT molecular complexity index is 611. The average molecular weight is 289 g/mol. The summed E-state index contributed by atoms with van der Waals surface area (Å²) in [7, 11) is 0. The van der Waals surface area contributed by atoms with Gasteiger partial charge in [-0.3, -0.25) is 0 Å². The molecule has 0 aliphatic carbocycles. The fraction of sp³-hybridized carbons (Fsp3) is 0.471. The van der Waals surface area contributed by atoms with Gasteiger partial charge < -0.3 is 4.90 Å². The van der Waals surface area contributed by atoms with E-state index in [0.29, 0.717) is 11.9 Å². The maximum Gasteiger partial charge on any atom is 0.129 e. The number of benzene rings is 1. The summed E-state index contributed by atoms with van der Waals surface area (Å²) in [5.74, 6) is 2.43. The molecule has 0 radical (unpaired) electrons. The van der Waals surface area contributed by atoms with Gasteiger partial charge in [0.25, 0.3) is 0 Å². The number of piperidine rings is 1. The van der Waals surface area contributed by atoms with Crippen LogP contribution in [0.2, 0.25) is 0 Å². The molecular formula is C17H21ClN2. The van der Waals surface area contributed by atoms with E-state index in [-0.39, 0.29) is 0 Å². The maximum absolute atomic E-state index is 6.13. The maximum atomic E-state index is 6.13. The van der Waals surface area contributed by atoms with E-state index in [1.807, 2.05) is 12.1 Å². The van der Waals surface area contributed by atoms with E-state index in [9.17, 15) is 0 Å². The highest BCUT2D eigenvalue weighted by Gasteiger charge is 2.24. The average Bonchev–Trinajstić information content (AvgIpc) is 2.46. The van der Waals surface area contributed by atoms with Crippen LogP contribution in [0.5, 0.6) is 0 Å². The molecule has 106 valence electrons. The Kier molecular flexibility index (Phi) is 3.84. The third-order valence-corrected chi connectivity index (χ3v) is 4.65. The van der Waals surface area contributed by atoms with Crippen LogP contribution in [0, 0.1) is 5.92 Å². The molecular weight excluding hydrogens is 268 g/mol. The monoisotopic (exact) mass is 288 g/mol. The number of para-hydroxylation sites is 1. The molecule has 1 aromatic carbocycles. The molecule has 0 saturated carbocycles. The van der Waals surface area contributed by atoms with E-state index >= 15 is 0 Å². The predicted octanol–water partition coefficient (Wildman–Crippen LogP) is 4.60. The summed E-state index contributed by atoms with van der Waals surface area (Å²) in [5, 5.41) is 1.17. The number of nitrogens with zero attached hydrogens (tertiary/aromatic N) is 2. The first kappa shape index (κ1) is 13.7. The van der Waals surface area contributed by atoms with E-state index in [1.165, 1.54) is 23.8 Å². The molecule has 0 bridgehead atoms. The van der Waals surface area contributed by atoms with Crippen molar-refractivity contribution in [2.24, 2.45) is 5.92 Å². The standard InChI is InChI=1S/C17H21ClN2/c1-12-7-8-20(13(2)9-12)17-10-14(11-18)15-5-3-4-6-16(15)19-17/h3-6,10,12-13H,7-9,11H2,1-2H3. The van der Waals surface area contributed by atoms with Crippen molar-refractivity contribution < 1.29 is 0 Å². The Labute approximate surface area is 125 Å². The van der Waals surface area contributed by atoms with Gasteiger partial charge in [-0.1, -0.05) is 25.1 Å². The highest BCUT2D eigenvalue weighted by Crippen LogP contribution is 2.30. The third-order valence-electron chi connectivity index (χ3n) is 4.36. The first-order chi connectivity index (χ1) is 9.69. The van der Waals surface area contributed by atoms with Crippen molar-refractivity contribution in [3.8, 4) is 0 Å². The highest BCUT2D eigenvalue weighted by molar-refractivity contribution is 6.18. The largest absolute Gasteiger partial charge is 0.354 e. The number of fused-ring (bicyclic) bond motifs is 1. The zero-order valence-corrected chi connectivity index (χ0v) is 12.9. The number of aromatic nitrogens is 1. The number of alkyl halides is 1. The van der Waals surface area contributed by atoms with E-state index in [1.54, 1.807) is 0 Å². The lowest BCUT2D eigenvalue weighted by atomic mass is 9.93. The molecule has 0 spiro atoms. The second kappa shape index (κ2) is 5.61. The van der Waals surface area contributed by atoms with Gasteiger partial charge in [-0.15, -0.1) is 11.6 Å². The van der Waals surface area contributed by atoms with Crippen LogP contribution in [0.3, 0.4) is 0 Å². The van der Waals surface area contributed by atoms with E-state index in [4.69, 9.17) is 16.6 Å². The molecule has 3 rings (SSSR count).